The molecule has 16 heavy (non-hydrogen) atoms. The third-order valence-corrected chi connectivity index (χ3v) is 3.59. The van der Waals surface area contributed by atoms with Crippen molar-refractivity contribution in [3.8, 4) is 0 Å². The number of fused-ring (bicyclic) bond motifs is 2. The van der Waals surface area contributed by atoms with Gasteiger partial charge in [0.05, 0.1) is 6.61 Å². The highest BCUT2D eigenvalue weighted by Gasteiger charge is 2.39. The number of aromatic nitrogens is 1. The number of nitrogens with zero attached hydrogens (tertiary/aromatic N) is 2. The van der Waals surface area contributed by atoms with E-state index in [4.69, 9.17) is 4.74 Å². The summed E-state index contributed by atoms with van der Waals surface area (Å²) in [6.07, 6.45) is 3.45. The van der Waals surface area contributed by atoms with Gasteiger partial charge in [0.15, 0.2) is 0 Å². The van der Waals surface area contributed by atoms with Crippen LogP contribution in [0.5, 0.6) is 0 Å². The first-order valence-electron chi connectivity index (χ1n) is 6.08. The molecule has 2 aliphatic heterocycles. The predicted molar refractivity (Wildman–Crippen MR) is 63.5 cm³/mol. The zero-order chi connectivity index (χ0) is 11.1. The Balaban J connectivity index is 1.80. The van der Waals surface area contributed by atoms with Gasteiger partial charge in [-0.05, 0) is 24.0 Å². The molecule has 1 aromatic rings. The Hall–Kier alpha value is -1.09. The summed E-state index contributed by atoms with van der Waals surface area (Å²) in [5.74, 6) is 2.33. The number of hydrogen-bond donors (Lipinski definition) is 0. The summed E-state index contributed by atoms with van der Waals surface area (Å²) in [7, 11) is 0. The van der Waals surface area contributed by atoms with E-state index in [0.717, 1.165) is 24.9 Å². The van der Waals surface area contributed by atoms with Crippen LogP contribution >= 0.6 is 0 Å². The van der Waals surface area contributed by atoms with Gasteiger partial charge in [0.1, 0.15) is 12.0 Å². The minimum absolute atomic E-state index is 0.280. The molecule has 3 rings (SSSR count). The molecule has 0 N–H and O–H groups in total. The number of anilines is 1. The molecule has 2 atom stereocenters. The van der Waals surface area contributed by atoms with E-state index in [1.807, 2.05) is 6.20 Å². The average Bonchev–Trinajstić information content (AvgIpc) is 2.91. The first kappa shape index (κ1) is 10.1. The van der Waals surface area contributed by atoms with Crippen molar-refractivity contribution in [3.63, 3.8) is 0 Å². The van der Waals surface area contributed by atoms with Crippen LogP contribution in [0.1, 0.15) is 31.7 Å². The molecule has 3 heterocycles. The van der Waals surface area contributed by atoms with Gasteiger partial charge >= 0.3 is 0 Å². The summed E-state index contributed by atoms with van der Waals surface area (Å²) < 4.78 is 5.68. The normalized spacial score (nSPS) is 28.1. The van der Waals surface area contributed by atoms with Crippen LogP contribution in [0.15, 0.2) is 18.3 Å². The topological polar surface area (TPSA) is 25.4 Å². The van der Waals surface area contributed by atoms with Crippen molar-refractivity contribution < 1.29 is 4.74 Å². The van der Waals surface area contributed by atoms with Crippen molar-refractivity contribution in [2.45, 2.75) is 32.4 Å². The summed E-state index contributed by atoms with van der Waals surface area (Å²) in [5.41, 5.74) is 1.30. The van der Waals surface area contributed by atoms with Crippen molar-refractivity contribution in [3.05, 3.63) is 23.9 Å². The van der Waals surface area contributed by atoms with Gasteiger partial charge in [0.25, 0.3) is 0 Å². The van der Waals surface area contributed by atoms with Crippen LogP contribution in [-0.2, 0) is 4.74 Å². The van der Waals surface area contributed by atoms with Crippen molar-refractivity contribution in [2.75, 3.05) is 18.1 Å². The van der Waals surface area contributed by atoms with E-state index in [1.165, 1.54) is 12.0 Å². The highest BCUT2D eigenvalue weighted by Crippen LogP contribution is 2.34. The minimum atomic E-state index is 0.280. The number of pyridine rings is 1. The molecule has 2 unspecified atom stereocenters. The lowest BCUT2D eigenvalue weighted by molar-refractivity contribution is 0.0854. The molecule has 0 radical (unpaired) electrons. The average molecular weight is 218 g/mol. The van der Waals surface area contributed by atoms with Gasteiger partial charge in [0, 0.05) is 18.7 Å². The molecule has 2 fully saturated rings. The Morgan fingerprint density at radius 1 is 1.44 bits per heavy atom. The van der Waals surface area contributed by atoms with E-state index in [2.05, 4.69) is 35.9 Å². The van der Waals surface area contributed by atoms with Crippen LogP contribution in [0.4, 0.5) is 5.82 Å². The second-order valence-electron chi connectivity index (χ2n) is 5.15. The Bertz CT molecular complexity index is 374. The molecular weight excluding hydrogens is 200 g/mol. The predicted octanol–water partition coefficient (Wildman–Crippen LogP) is 2.39. The Labute approximate surface area is 96.4 Å². The smallest absolute Gasteiger partial charge is 0.131 e. The van der Waals surface area contributed by atoms with Crippen molar-refractivity contribution in [1.29, 1.82) is 0 Å². The maximum atomic E-state index is 5.68. The summed E-state index contributed by atoms with van der Waals surface area (Å²) in [5, 5.41) is 0. The molecule has 86 valence electrons. The lowest BCUT2D eigenvalue weighted by Crippen LogP contribution is -2.35. The number of ether oxygens (including phenoxy) is 1. The zero-order valence-corrected chi connectivity index (χ0v) is 9.89. The molecule has 2 aliphatic rings. The molecule has 0 aromatic carbocycles. The fraction of sp³-hybridized carbons (Fsp3) is 0.615. The molecule has 0 amide bonds. The van der Waals surface area contributed by atoms with Gasteiger partial charge < -0.3 is 9.64 Å². The minimum Gasteiger partial charge on any atom is -0.358 e. The van der Waals surface area contributed by atoms with Crippen LogP contribution in [0.25, 0.3) is 0 Å². The monoisotopic (exact) mass is 218 g/mol. The number of rotatable bonds is 2. The lowest BCUT2D eigenvalue weighted by Gasteiger charge is -2.28. The molecule has 0 saturated carbocycles. The Kier molecular flexibility index (Phi) is 2.36. The molecule has 2 saturated heterocycles. The van der Waals surface area contributed by atoms with Crippen LogP contribution in [0.3, 0.4) is 0 Å². The Morgan fingerprint density at radius 2 is 2.31 bits per heavy atom. The van der Waals surface area contributed by atoms with Gasteiger partial charge in [-0.15, -0.1) is 0 Å². The first-order valence-corrected chi connectivity index (χ1v) is 6.08. The standard InChI is InChI=1S/C13H18N2O/c1-9(2)11-3-4-12(14-6-11)15-7-10-5-13(15)16-8-10/h3-4,6,9-10,13H,5,7-8H2,1-2H3. The van der Waals surface area contributed by atoms with Crippen LogP contribution in [-0.4, -0.2) is 24.4 Å². The van der Waals surface area contributed by atoms with Crippen LogP contribution in [0.2, 0.25) is 0 Å². The SMILES string of the molecule is CC(C)c1ccc(N2CC3COC2C3)nc1. The van der Waals surface area contributed by atoms with E-state index >= 15 is 0 Å². The summed E-state index contributed by atoms with van der Waals surface area (Å²) in [4.78, 5) is 6.84. The first-order chi connectivity index (χ1) is 7.74. The molecular formula is C13H18N2O. The highest BCUT2D eigenvalue weighted by atomic mass is 16.5. The van der Waals surface area contributed by atoms with Gasteiger partial charge in [-0.3, -0.25) is 0 Å². The molecule has 0 spiro atoms. The third-order valence-electron chi connectivity index (χ3n) is 3.59. The highest BCUT2D eigenvalue weighted by molar-refractivity contribution is 5.42. The zero-order valence-electron chi connectivity index (χ0n) is 9.89. The quantitative estimate of drug-likeness (QED) is 0.762. The summed E-state index contributed by atoms with van der Waals surface area (Å²) >= 11 is 0. The van der Waals surface area contributed by atoms with Crippen LogP contribution < -0.4 is 4.90 Å². The molecule has 3 nitrogen and oxygen atoms in total. The lowest BCUT2D eigenvalue weighted by atomic mass is 10.1. The largest absolute Gasteiger partial charge is 0.358 e. The van der Waals surface area contributed by atoms with Crippen molar-refractivity contribution >= 4 is 5.82 Å². The molecule has 1 aromatic heterocycles. The fourth-order valence-corrected chi connectivity index (χ4v) is 2.56. The third kappa shape index (κ3) is 1.59. The fourth-order valence-electron chi connectivity index (χ4n) is 2.56. The maximum absolute atomic E-state index is 5.68. The maximum Gasteiger partial charge on any atom is 0.131 e. The molecule has 2 bridgehead atoms. The summed E-state index contributed by atoms with van der Waals surface area (Å²) in [6.45, 7) is 6.43. The summed E-state index contributed by atoms with van der Waals surface area (Å²) in [6, 6.07) is 4.30. The Morgan fingerprint density at radius 3 is 2.81 bits per heavy atom. The van der Waals surface area contributed by atoms with E-state index < -0.39 is 0 Å². The van der Waals surface area contributed by atoms with E-state index in [9.17, 15) is 0 Å². The number of hydrogen-bond acceptors (Lipinski definition) is 3. The second kappa shape index (κ2) is 3.74. The van der Waals surface area contributed by atoms with Crippen molar-refractivity contribution in [2.24, 2.45) is 5.92 Å². The van der Waals surface area contributed by atoms with Gasteiger partial charge in [-0.2, -0.15) is 0 Å². The second-order valence-corrected chi connectivity index (χ2v) is 5.15. The molecule has 3 heteroatoms. The van der Waals surface area contributed by atoms with E-state index in [0.29, 0.717) is 5.92 Å². The van der Waals surface area contributed by atoms with E-state index in [1.54, 1.807) is 0 Å². The van der Waals surface area contributed by atoms with Crippen molar-refractivity contribution in [1.82, 2.24) is 4.98 Å². The molecule has 0 aliphatic carbocycles. The van der Waals surface area contributed by atoms with Gasteiger partial charge in [-0.1, -0.05) is 19.9 Å². The van der Waals surface area contributed by atoms with Crippen LogP contribution in [0, 0.1) is 5.92 Å². The van der Waals surface area contributed by atoms with Gasteiger partial charge in [-0.25, -0.2) is 4.98 Å². The van der Waals surface area contributed by atoms with E-state index in [-0.39, 0.29) is 6.23 Å². The van der Waals surface area contributed by atoms with Gasteiger partial charge in [0.2, 0.25) is 0 Å².